The fourth-order valence-electron chi connectivity index (χ4n) is 1.42. The van der Waals surface area contributed by atoms with Gasteiger partial charge in [-0.1, -0.05) is 0 Å². The Morgan fingerprint density at radius 3 is 3.15 bits per heavy atom. The van der Waals surface area contributed by atoms with Crippen molar-refractivity contribution >= 4 is 15.9 Å². The lowest BCUT2D eigenvalue weighted by Gasteiger charge is -2.10. The van der Waals surface area contributed by atoms with Crippen LogP contribution in [0.3, 0.4) is 0 Å². The standard InChI is InChI=1S/C8H11BrN2O2/c1-12-6-5-10-11(8(6)9)7-3-2-4-13-7/h5,7H,2-4H2,1H3. The van der Waals surface area contributed by atoms with Crippen molar-refractivity contribution in [2.75, 3.05) is 13.7 Å². The van der Waals surface area contributed by atoms with Crippen molar-refractivity contribution in [3.8, 4) is 5.75 Å². The molecule has 2 rings (SSSR count). The van der Waals surface area contributed by atoms with Gasteiger partial charge in [-0.05, 0) is 28.8 Å². The maximum absolute atomic E-state index is 5.49. The molecule has 0 radical (unpaired) electrons. The summed E-state index contributed by atoms with van der Waals surface area (Å²) in [6.45, 7) is 0.819. The second-order valence-corrected chi connectivity index (χ2v) is 3.67. The summed E-state index contributed by atoms with van der Waals surface area (Å²) in [5, 5.41) is 4.19. The van der Waals surface area contributed by atoms with Crippen LogP contribution in [0.15, 0.2) is 10.8 Å². The molecular weight excluding hydrogens is 236 g/mol. The molecule has 1 aromatic heterocycles. The molecule has 1 unspecified atom stereocenters. The summed E-state index contributed by atoms with van der Waals surface area (Å²) < 4.78 is 13.3. The Kier molecular flexibility index (Phi) is 2.55. The van der Waals surface area contributed by atoms with Gasteiger partial charge < -0.3 is 9.47 Å². The van der Waals surface area contributed by atoms with Crippen molar-refractivity contribution in [3.63, 3.8) is 0 Å². The number of ether oxygens (including phenoxy) is 2. The molecule has 1 aromatic rings. The third-order valence-corrected chi connectivity index (χ3v) is 2.86. The van der Waals surface area contributed by atoms with Gasteiger partial charge in [0.15, 0.2) is 12.0 Å². The van der Waals surface area contributed by atoms with E-state index in [0.29, 0.717) is 0 Å². The number of methoxy groups -OCH3 is 1. The van der Waals surface area contributed by atoms with Gasteiger partial charge in [0.2, 0.25) is 0 Å². The largest absolute Gasteiger partial charge is 0.492 e. The van der Waals surface area contributed by atoms with E-state index in [2.05, 4.69) is 21.0 Å². The van der Waals surface area contributed by atoms with Gasteiger partial charge in [0.05, 0.1) is 13.3 Å². The summed E-state index contributed by atoms with van der Waals surface area (Å²) in [6, 6.07) is 0. The lowest BCUT2D eigenvalue weighted by Crippen LogP contribution is -2.08. The van der Waals surface area contributed by atoms with Crippen LogP contribution in [0, 0.1) is 0 Å². The summed E-state index contributed by atoms with van der Waals surface area (Å²) in [4.78, 5) is 0. The molecule has 1 fully saturated rings. The van der Waals surface area contributed by atoms with E-state index in [9.17, 15) is 0 Å². The van der Waals surface area contributed by atoms with E-state index in [0.717, 1.165) is 29.8 Å². The third-order valence-electron chi connectivity index (χ3n) is 2.10. The van der Waals surface area contributed by atoms with Crippen LogP contribution in [0.2, 0.25) is 0 Å². The monoisotopic (exact) mass is 246 g/mol. The minimum atomic E-state index is 0.0678. The molecule has 0 bridgehead atoms. The van der Waals surface area contributed by atoms with Gasteiger partial charge in [-0.3, -0.25) is 0 Å². The lowest BCUT2D eigenvalue weighted by molar-refractivity contribution is 0.0447. The predicted octanol–water partition coefficient (Wildman–Crippen LogP) is 1.96. The molecule has 1 saturated heterocycles. The highest BCUT2D eigenvalue weighted by atomic mass is 79.9. The van der Waals surface area contributed by atoms with Gasteiger partial charge in [-0.2, -0.15) is 5.10 Å². The summed E-state index contributed by atoms with van der Waals surface area (Å²) in [5.74, 6) is 0.746. The van der Waals surface area contributed by atoms with Crippen LogP contribution in [-0.2, 0) is 4.74 Å². The second-order valence-electron chi connectivity index (χ2n) is 2.92. The summed E-state index contributed by atoms with van der Waals surface area (Å²) >= 11 is 3.42. The first kappa shape index (κ1) is 9.02. The van der Waals surface area contributed by atoms with E-state index in [1.165, 1.54) is 0 Å². The Balaban J connectivity index is 2.24. The van der Waals surface area contributed by atoms with Crippen LogP contribution >= 0.6 is 15.9 Å². The number of nitrogens with zero attached hydrogens (tertiary/aromatic N) is 2. The van der Waals surface area contributed by atoms with Crippen molar-refractivity contribution in [2.24, 2.45) is 0 Å². The van der Waals surface area contributed by atoms with Crippen molar-refractivity contribution in [3.05, 3.63) is 10.8 Å². The number of aromatic nitrogens is 2. The van der Waals surface area contributed by atoms with Crippen LogP contribution in [0.4, 0.5) is 0 Å². The molecule has 5 heteroatoms. The smallest absolute Gasteiger partial charge is 0.171 e. The van der Waals surface area contributed by atoms with E-state index in [1.807, 2.05) is 4.68 Å². The summed E-state index contributed by atoms with van der Waals surface area (Å²) in [7, 11) is 1.63. The Morgan fingerprint density at radius 1 is 1.77 bits per heavy atom. The van der Waals surface area contributed by atoms with Gasteiger partial charge in [0, 0.05) is 6.61 Å². The van der Waals surface area contributed by atoms with Gasteiger partial charge in [0.1, 0.15) is 4.60 Å². The molecule has 0 aromatic carbocycles. The van der Waals surface area contributed by atoms with Crippen molar-refractivity contribution in [2.45, 2.75) is 19.1 Å². The van der Waals surface area contributed by atoms with E-state index >= 15 is 0 Å². The lowest BCUT2D eigenvalue weighted by atomic mass is 10.3. The maximum atomic E-state index is 5.49. The fraction of sp³-hybridized carbons (Fsp3) is 0.625. The molecule has 0 aliphatic carbocycles. The van der Waals surface area contributed by atoms with Crippen LogP contribution in [-0.4, -0.2) is 23.5 Å². The zero-order valence-electron chi connectivity index (χ0n) is 7.36. The van der Waals surface area contributed by atoms with Crippen LogP contribution < -0.4 is 4.74 Å². The van der Waals surface area contributed by atoms with E-state index in [1.54, 1.807) is 13.3 Å². The highest BCUT2D eigenvalue weighted by Crippen LogP contribution is 2.31. The van der Waals surface area contributed by atoms with Crippen molar-refractivity contribution in [1.29, 1.82) is 0 Å². The molecule has 1 aliphatic heterocycles. The quantitative estimate of drug-likeness (QED) is 0.801. The molecule has 13 heavy (non-hydrogen) atoms. The van der Waals surface area contributed by atoms with E-state index < -0.39 is 0 Å². The Bertz CT molecular complexity index is 294. The van der Waals surface area contributed by atoms with Crippen LogP contribution in [0.25, 0.3) is 0 Å². The fourth-order valence-corrected chi connectivity index (χ4v) is 2.01. The van der Waals surface area contributed by atoms with Gasteiger partial charge in [-0.25, -0.2) is 4.68 Å². The van der Waals surface area contributed by atoms with Gasteiger partial charge in [0.25, 0.3) is 0 Å². The van der Waals surface area contributed by atoms with Crippen molar-refractivity contribution < 1.29 is 9.47 Å². The summed E-state index contributed by atoms with van der Waals surface area (Å²) in [6.07, 6.45) is 3.87. The molecule has 4 nitrogen and oxygen atoms in total. The average molecular weight is 247 g/mol. The topological polar surface area (TPSA) is 36.3 Å². The first-order chi connectivity index (χ1) is 6.33. The number of rotatable bonds is 2. The minimum Gasteiger partial charge on any atom is -0.492 e. The SMILES string of the molecule is COc1cnn(C2CCCO2)c1Br. The highest BCUT2D eigenvalue weighted by molar-refractivity contribution is 9.10. The number of hydrogen-bond acceptors (Lipinski definition) is 3. The molecule has 2 heterocycles. The third kappa shape index (κ3) is 1.58. The molecule has 0 spiro atoms. The Morgan fingerprint density at radius 2 is 2.62 bits per heavy atom. The average Bonchev–Trinajstić information content (AvgIpc) is 2.72. The molecule has 0 saturated carbocycles. The predicted molar refractivity (Wildman–Crippen MR) is 50.7 cm³/mol. The normalized spacial score (nSPS) is 22.2. The summed E-state index contributed by atoms with van der Waals surface area (Å²) in [5.41, 5.74) is 0. The Labute approximate surface area is 85.0 Å². The van der Waals surface area contributed by atoms with Crippen LogP contribution in [0.5, 0.6) is 5.75 Å². The first-order valence-corrected chi connectivity index (χ1v) is 5.01. The molecule has 72 valence electrons. The van der Waals surface area contributed by atoms with Crippen LogP contribution in [0.1, 0.15) is 19.1 Å². The van der Waals surface area contributed by atoms with Gasteiger partial charge >= 0.3 is 0 Å². The molecule has 0 amide bonds. The highest BCUT2D eigenvalue weighted by Gasteiger charge is 2.21. The molecule has 0 N–H and O–H groups in total. The minimum absolute atomic E-state index is 0.0678. The molecular formula is C8H11BrN2O2. The number of hydrogen-bond donors (Lipinski definition) is 0. The zero-order valence-corrected chi connectivity index (χ0v) is 8.95. The zero-order chi connectivity index (χ0) is 9.26. The van der Waals surface area contributed by atoms with Gasteiger partial charge in [-0.15, -0.1) is 0 Å². The first-order valence-electron chi connectivity index (χ1n) is 4.21. The van der Waals surface area contributed by atoms with Crippen molar-refractivity contribution in [1.82, 2.24) is 9.78 Å². The second kappa shape index (κ2) is 3.67. The molecule has 1 aliphatic rings. The number of halogens is 1. The Hall–Kier alpha value is -0.550. The van der Waals surface area contributed by atoms with E-state index in [4.69, 9.17) is 9.47 Å². The molecule has 1 atom stereocenters. The van der Waals surface area contributed by atoms with E-state index in [-0.39, 0.29) is 6.23 Å². The maximum Gasteiger partial charge on any atom is 0.171 e.